The first-order valence-electron chi connectivity index (χ1n) is 6.61. The third kappa shape index (κ3) is 1.89. The predicted octanol–water partition coefficient (Wildman–Crippen LogP) is 2.84. The first-order valence-corrected chi connectivity index (χ1v) is 6.61. The highest BCUT2D eigenvalue weighted by atomic mass is 16.6. The number of carbonyl (C=O) groups is 1. The van der Waals surface area contributed by atoms with Gasteiger partial charge in [-0.05, 0) is 44.2 Å². The fraction of sp³-hybridized carbons (Fsp3) is 0.500. The molecule has 1 aromatic rings. The molecule has 0 aromatic heterocycles. The molecule has 1 fully saturated rings. The van der Waals surface area contributed by atoms with E-state index in [4.69, 9.17) is 0 Å². The summed E-state index contributed by atoms with van der Waals surface area (Å²) < 4.78 is 0. The predicted molar refractivity (Wildman–Crippen MR) is 70.1 cm³/mol. The Morgan fingerprint density at radius 2 is 2.05 bits per heavy atom. The summed E-state index contributed by atoms with van der Waals surface area (Å²) in [5.41, 5.74) is 2.36. The Hall–Kier alpha value is -1.91. The van der Waals surface area contributed by atoms with E-state index >= 15 is 0 Å². The molecule has 1 aromatic carbocycles. The molecule has 0 unspecified atom stereocenters. The summed E-state index contributed by atoms with van der Waals surface area (Å²) in [5, 5.41) is 11.2. The highest BCUT2D eigenvalue weighted by Gasteiger charge is 2.36. The molecule has 0 saturated heterocycles. The van der Waals surface area contributed by atoms with Gasteiger partial charge in [0.15, 0.2) is 0 Å². The number of amides is 1. The highest BCUT2D eigenvalue weighted by Crippen LogP contribution is 2.46. The zero-order valence-electron chi connectivity index (χ0n) is 11.0. The number of nitrogens with zero attached hydrogens (tertiary/aromatic N) is 2. The van der Waals surface area contributed by atoms with Crippen LogP contribution in [0.2, 0.25) is 0 Å². The molecule has 1 heterocycles. The lowest BCUT2D eigenvalue weighted by Gasteiger charge is -2.19. The van der Waals surface area contributed by atoms with Gasteiger partial charge in [0.1, 0.15) is 0 Å². The van der Waals surface area contributed by atoms with Crippen LogP contribution in [-0.4, -0.2) is 21.8 Å². The van der Waals surface area contributed by atoms with Crippen molar-refractivity contribution in [2.75, 3.05) is 0 Å². The normalized spacial score (nSPS) is 18.1. The number of hydrogen-bond donors (Lipinski definition) is 0. The minimum Gasteiger partial charge on any atom is -0.332 e. The Kier molecular flexibility index (Phi) is 2.59. The number of carbonyl (C=O) groups excluding carboxylic acids is 1. The molecule has 100 valence electrons. The van der Waals surface area contributed by atoms with Crippen molar-refractivity contribution in [2.24, 2.45) is 0 Å². The molecule has 1 aliphatic heterocycles. The summed E-state index contributed by atoms with van der Waals surface area (Å²) in [6, 6.07) is 3.47. The van der Waals surface area contributed by atoms with Crippen molar-refractivity contribution < 1.29 is 9.72 Å². The molecule has 1 aliphatic carbocycles. The smallest absolute Gasteiger partial charge is 0.273 e. The van der Waals surface area contributed by atoms with Gasteiger partial charge in [0.25, 0.3) is 11.6 Å². The molecular weight excluding hydrogens is 244 g/mol. The Morgan fingerprint density at radius 1 is 1.37 bits per heavy atom. The molecule has 2 aliphatic rings. The lowest BCUT2D eigenvalue weighted by Crippen LogP contribution is -2.30. The van der Waals surface area contributed by atoms with Crippen LogP contribution in [-0.2, 0) is 6.54 Å². The Labute approximate surface area is 111 Å². The quantitative estimate of drug-likeness (QED) is 0.620. The van der Waals surface area contributed by atoms with Gasteiger partial charge in [-0.2, -0.15) is 0 Å². The van der Waals surface area contributed by atoms with Gasteiger partial charge in [0.05, 0.1) is 4.92 Å². The second-order valence-electron chi connectivity index (χ2n) is 5.63. The van der Waals surface area contributed by atoms with E-state index < -0.39 is 0 Å². The molecule has 0 bridgehead atoms. The van der Waals surface area contributed by atoms with Crippen molar-refractivity contribution in [3.8, 4) is 0 Å². The Morgan fingerprint density at radius 3 is 2.58 bits per heavy atom. The monoisotopic (exact) mass is 260 g/mol. The molecular formula is C14H16N2O3. The molecule has 0 N–H and O–H groups in total. The summed E-state index contributed by atoms with van der Waals surface area (Å²) in [4.78, 5) is 24.9. The fourth-order valence-electron chi connectivity index (χ4n) is 2.68. The molecule has 5 heteroatoms. The van der Waals surface area contributed by atoms with Crippen LogP contribution in [0.1, 0.15) is 54.1 Å². The zero-order valence-corrected chi connectivity index (χ0v) is 11.0. The van der Waals surface area contributed by atoms with Crippen LogP contribution in [0.4, 0.5) is 5.69 Å². The second kappa shape index (κ2) is 4.05. The summed E-state index contributed by atoms with van der Waals surface area (Å²) in [6.45, 7) is 4.40. The van der Waals surface area contributed by atoms with Crippen LogP contribution in [0.3, 0.4) is 0 Å². The summed E-state index contributed by atoms with van der Waals surface area (Å²) in [5.74, 6) is 0.272. The molecule has 0 radical (unpaired) electrons. The standard InChI is InChI=1S/C14H16N2O3/c1-8(2)15-7-10-5-13(16(18)19)11(9-3-4-9)6-12(10)14(15)17/h5-6,8-9H,3-4,7H2,1-2H3. The van der Waals surface area contributed by atoms with Gasteiger partial charge in [-0.3, -0.25) is 14.9 Å². The average Bonchev–Trinajstić information content (AvgIpc) is 3.13. The van der Waals surface area contributed by atoms with Crippen molar-refractivity contribution in [2.45, 2.75) is 45.2 Å². The largest absolute Gasteiger partial charge is 0.332 e. The molecule has 3 rings (SSSR count). The van der Waals surface area contributed by atoms with Gasteiger partial charge in [-0.1, -0.05) is 0 Å². The maximum absolute atomic E-state index is 12.3. The zero-order chi connectivity index (χ0) is 13.7. The van der Waals surface area contributed by atoms with Crippen molar-refractivity contribution in [3.63, 3.8) is 0 Å². The van der Waals surface area contributed by atoms with Crippen molar-refractivity contribution >= 4 is 11.6 Å². The SMILES string of the molecule is CC(C)N1Cc2cc([N+](=O)[O-])c(C3CC3)cc2C1=O. The summed E-state index contributed by atoms with van der Waals surface area (Å²) in [6.07, 6.45) is 1.98. The van der Waals surface area contributed by atoms with E-state index in [0.29, 0.717) is 12.1 Å². The van der Waals surface area contributed by atoms with E-state index in [1.165, 1.54) is 0 Å². The van der Waals surface area contributed by atoms with E-state index in [-0.39, 0.29) is 28.5 Å². The second-order valence-corrected chi connectivity index (χ2v) is 5.63. The number of nitro benzene ring substituents is 1. The number of fused-ring (bicyclic) bond motifs is 1. The first kappa shape index (κ1) is 12.1. The lowest BCUT2D eigenvalue weighted by molar-refractivity contribution is -0.385. The van der Waals surface area contributed by atoms with Crippen molar-refractivity contribution in [1.82, 2.24) is 4.90 Å². The van der Waals surface area contributed by atoms with Crippen molar-refractivity contribution in [3.05, 3.63) is 38.9 Å². The van der Waals surface area contributed by atoms with Gasteiger partial charge >= 0.3 is 0 Å². The Bertz CT molecular complexity index is 576. The van der Waals surface area contributed by atoms with E-state index in [1.54, 1.807) is 17.0 Å². The topological polar surface area (TPSA) is 63.4 Å². The third-order valence-corrected chi connectivity index (χ3v) is 3.92. The number of nitro groups is 1. The molecule has 1 saturated carbocycles. The number of hydrogen-bond acceptors (Lipinski definition) is 3. The lowest BCUT2D eigenvalue weighted by atomic mass is 10.0. The van der Waals surface area contributed by atoms with Gasteiger partial charge in [-0.15, -0.1) is 0 Å². The number of rotatable bonds is 3. The molecule has 0 spiro atoms. The summed E-state index contributed by atoms with van der Waals surface area (Å²) >= 11 is 0. The van der Waals surface area contributed by atoms with Gasteiger partial charge in [0, 0.05) is 29.8 Å². The minimum absolute atomic E-state index is 0.00166. The first-order chi connectivity index (χ1) is 8.99. The van der Waals surface area contributed by atoms with E-state index in [1.807, 2.05) is 13.8 Å². The van der Waals surface area contributed by atoms with Crippen LogP contribution < -0.4 is 0 Å². The van der Waals surface area contributed by atoms with Gasteiger partial charge in [0.2, 0.25) is 0 Å². The van der Waals surface area contributed by atoms with Crippen LogP contribution in [0.25, 0.3) is 0 Å². The van der Waals surface area contributed by atoms with Crippen LogP contribution in [0, 0.1) is 10.1 Å². The summed E-state index contributed by atoms with van der Waals surface area (Å²) in [7, 11) is 0. The maximum Gasteiger partial charge on any atom is 0.273 e. The van der Waals surface area contributed by atoms with Crippen LogP contribution in [0.15, 0.2) is 12.1 Å². The Balaban J connectivity index is 2.08. The molecule has 1 amide bonds. The molecule has 5 nitrogen and oxygen atoms in total. The highest BCUT2D eigenvalue weighted by molar-refractivity contribution is 5.99. The van der Waals surface area contributed by atoms with Gasteiger partial charge in [-0.25, -0.2) is 0 Å². The molecule has 19 heavy (non-hydrogen) atoms. The van der Waals surface area contributed by atoms with Gasteiger partial charge < -0.3 is 4.90 Å². The fourth-order valence-corrected chi connectivity index (χ4v) is 2.68. The minimum atomic E-state index is -0.323. The van der Waals surface area contributed by atoms with E-state index in [9.17, 15) is 14.9 Å². The number of benzene rings is 1. The van der Waals surface area contributed by atoms with Crippen LogP contribution >= 0.6 is 0 Å². The maximum atomic E-state index is 12.3. The molecule has 0 atom stereocenters. The average molecular weight is 260 g/mol. The van der Waals surface area contributed by atoms with E-state index in [2.05, 4.69) is 0 Å². The van der Waals surface area contributed by atoms with E-state index in [0.717, 1.165) is 24.0 Å². The third-order valence-electron chi connectivity index (χ3n) is 3.92. The van der Waals surface area contributed by atoms with Crippen LogP contribution in [0.5, 0.6) is 0 Å². The van der Waals surface area contributed by atoms with Crippen molar-refractivity contribution in [1.29, 1.82) is 0 Å².